The van der Waals surface area contributed by atoms with Crippen molar-refractivity contribution >= 4 is 40.3 Å². The largest absolute Gasteiger partial charge is 0.365 e. The van der Waals surface area contributed by atoms with E-state index in [1.54, 1.807) is 34.6 Å². The topological polar surface area (TPSA) is 75.5 Å². The Morgan fingerprint density at radius 2 is 1.76 bits per heavy atom. The van der Waals surface area contributed by atoms with Crippen LogP contribution in [0, 0.1) is 13.8 Å². The highest BCUT2D eigenvalue weighted by Gasteiger charge is 2.25. The van der Waals surface area contributed by atoms with Gasteiger partial charge in [0.25, 0.3) is 5.56 Å². The molecule has 172 valence electrons. The van der Waals surface area contributed by atoms with Crippen molar-refractivity contribution in [1.29, 1.82) is 0 Å². The monoisotopic (exact) mass is 484 g/mol. The second-order valence-electron chi connectivity index (χ2n) is 8.01. The fourth-order valence-corrected chi connectivity index (χ4v) is 5.21. The summed E-state index contributed by atoms with van der Waals surface area (Å²) < 4.78 is 1.28. The molecule has 1 saturated heterocycles. The zero-order valence-corrected chi connectivity index (χ0v) is 20.2. The van der Waals surface area contributed by atoms with Crippen LogP contribution in [0.4, 0.5) is 5.69 Å². The first-order valence-corrected chi connectivity index (χ1v) is 12.0. The molecule has 0 unspecified atom stereocenters. The Labute approximate surface area is 201 Å². The Morgan fingerprint density at radius 3 is 2.39 bits per heavy atom. The maximum Gasteiger partial charge on any atom is 0.292 e. The number of nitrogens with zero attached hydrogens (tertiary/aromatic N) is 4. The number of halogens is 1. The lowest BCUT2D eigenvalue weighted by atomic mass is 10.1. The lowest BCUT2D eigenvalue weighted by Crippen LogP contribution is -2.49. The van der Waals surface area contributed by atoms with Crippen LogP contribution in [0.2, 0.25) is 5.02 Å². The second kappa shape index (κ2) is 9.89. The smallest absolute Gasteiger partial charge is 0.292 e. The summed E-state index contributed by atoms with van der Waals surface area (Å²) in [5.74, 6) is -0.0167. The van der Waals surface area contributed by atoms with Gasteiger partial charge < -0.3 is 9.80 Å². The predicted molar refractivity (Wildman–Crippen MR) is 131 cm³/mol. The first-order chi connectivity index (χ1) is 15.8. The van der Waals surface area contributed by atoms with Crippen LogP contribution in [0.5, 0.6) is 0 Å². The molecule has 0 N–H and O–H groups in total. The van der Waals surface area contributed by atoms with E-state index in [0.717, 1.165) is 15.3 Å². The Balaban J connectivity index is 1.35. The molecule has 0 aliphatic carbocycles. The van der Waals surface area contributed by atoms with Gasteiger partial charge in [-0.1, -0.05) is 29.8 Å². The highest BCUT2D eigenvalue weighted by atomic mass is 35.5. The number of anilines is 1. The summed E-state index contributed by atoms with van der Waals surface area (Å²) >= 11 is 8.00. The van der Waals surface area contributed by atoms with Crippen molar-refractivity contribution in [2.75, 3.05) is 31.1 Å². The molecule has 0 atom stereocenters. The molecule has 3 heterocycles. The van der Waals surface area contributed by atoms with Crippen molar-refractivity contribution in [1.82, 2.24) is 14.7 Å². The number of hydrogen-bond donors (Lipinski definition) is 0. The van der Waals surface area contributed by atoms with E-state index in [2.05, 4.69) is 5.10 Å². The number of hydrogen-bond acceptors (Lipinski definition) is 6. The first-order valence-electron chi connectivity index (χ1n) is 10.8. The zero-order chi connectivity index (χ0) is 23.5. The molecule has 1 aliphatic heterocycles. The number of benzene rings is 1. The average Bonchev–Trinajstić information content (AvgIpc) is 3.17. The van der Waals surface area contributed by atoms with Crippen molar-refractivity contribution in [2.45, 2.75) is 26.7 Å². The fraction of sp³-hybridized carbons (Fsp3) is 0.333. The molecule has 1 fully saturated rings. The number of carbonyl (C=O) groups is 2. The molecule has 4 rings (SSSR count). The fourth-order valence-electron chi connectivity index (χ4n) is 4.02. The lowest BCUT2D eigenvalue weighted by Gasteiger charge is -2.36. The van der Waals surface area contributed by atoms with Crippen molar-refractivity contribution in [3.05, 3.63) is 73.3 Å². The number of Topliss-reactive ketones (excluding diaryl/α,β-unsaturated/α-hetero) is 1. The first kappa shape index (κ1) is 23.2. The van der Waals surface area contributed by atoms with Gasteiger partial charge in [-0.2, -0.15) is 9.78 Å². The van der Waals surface area contributed by atoms with Crippen LogP contribution in [-0.4, -0.2) is 52.5 Å². The summed E-state index contributed by atoms with van der Waals surface area (Å²) in [6.07, 6.45) is 2.00. The number of aryl methyl sites for hydroxylation is 2. The van der Waals surface area contributed by atoms with Gasteiger partial charge in [0, 0.05) is 54.3 Å². The van der Waals surface area contributed by atoms with Crippen LogP contribution in [0.3, 0.4) is 0 Å². The Bertz CT molecular complexity index is 1230. The number of aromatic nitrogens is 2. The van der Waals surface area contributed by atoms with Gasteiger partial charge in [0.15, 0.2) is 5.78 Å². The van der Waals surface area contributed by atoms with E-state index in [9.17, 15) is 14.4 Å². The van der Waals surface area contributed by atoms with Crippen LogP contribution < -0.4 is 10.5 Å². The average molecular weight is 485 g/mol. The molecule has 0 radical (unpaired) electrons. The lowest BCUT2D eigenvalue weighted by molar-refractivity contribution is -0.131. The van der Waals surface area contributed by atoms with Gasteiger partial charge in [-0.15, -0.1) is 11.3 Å². The number of ketones is 1. The Hall–Kier alpha value is -2.97. The maximum atomic E-state index is 12.7. The van der Waals surface area contributed by atoms with E-state index in [1.165, 1.54) is 4.68 Å². The summed E-state index contributed by atoms with van der Waals surface area (Å²) in [6, 6.07) is 11.0. The zero-order valence-electron chi connectivity index (χ0n) is 18.6. The predicted octanol–water partition coefficient (Wildman–Crippen LogP) is 3.88. The summed E-state index contributed by atoms with van der Waals surface area (Å²) in [7, 11) is 0. The molecule has 9 heteroatoms. The summed E-state index contributed by atoms with van der Waals surface area (Å²) in [6.45, 7) is 6.00. The Morgan fingerprint density at radius 1 is 1.06 bits per heavy atom. The van der Waals surface area contributed by atoms with Crippen molar-refractivity contribution in [2.24, 2.45) is 0 Å². The molecular formula is C24H25ClN4O3S. The van der Waals surface area contributed by atoms with E-state index in [-0.39, 0.29) is 35.1 Å². The highest BCUT2D eigenvalue weighted by molar-refractivity contribution is 7.12. The molecule has 1 aliphatic rings. The number of amides is 1. The number of thiophene rings is 1. The molecule has 0 saturated carbocycles. The van der Waals surface area contributed by atoms with Gasteiger partial charge in [0.1, 0.15) is 5.02 Å². The minimum atomic E-state index is -0.378. The molecule has 1 amide bonds. The van der Waals surface area contributed by atoms with Gasteiger partial charge in [0.05, 0.1) is 17.6 Å². The SMILES string of the molecule is Cc1cc(C(=O)CCC(=O)N2CCN(c3cnn(-c4ccccc4)c(=O)c3Cl)CC2)c(C)s1. The molecule has 33 heavy (non-hydrogen) atoms. The summed E-state index contributed by atoms with van der Waals surface area (Å²) in [4.78, 5) is 43.7. The minimum absolute atomic E-state index is 0.0145. The standard InChI is InChI=1S/C24H25ClN4O3S/c1-16-14-19(17(2)33-16)21(30)8-9-22(31)28-12-10-27(11-13-28)20-15-26-29(24(32)23(20)25)18-6-4-3-5-7-18/h3-7,14-15H,8-13H2,1-2H3. The van der Waals surface area contributed by atoms with Crippen molar-refractivity contribution in [3.8, 4) is 5.69 Å². The van der Waals surface area contributed by atoms with E-state index < -0.39 is 0 Å². The minimum Gasteiger partial charge on any atom is -0.365 e. The van der Waals surface area contributed by atoms with Gasteiger partial charge in [-0.05, 0) is 32.0 Å². The van der Waals surface area contributed by atoms with Crippen LogP contribution in [-0.2, 0) is 4.79 Å². The number of piperazine rings is 1. The second-order valence-corrected chi connectivity index (χ2v) is 9.85. The summed E-state index contributed by atoms with van der Waals surface area (Å²) in [5, 5.41) is 4.40. The van der Waals surface area contributed by atoms with E-state index in [0.29, 0.717) is 37.6 Å². The molecule has 1 aromatic carbocycles. The van der Waals surface area contributed by atoms with Gasteiger partial charge in [-0.3, -0.25) is 14.4 Å². The maximum absolute atomic E-state index is 12.7. The van der Waals surface area contributed by atoms with Crippen LogP contribution in [0.1, 0.15) is 33.0 Å². The normalized spacial score (nSPS) is 13.9. The third kappa shape index (κ3) is 5.02. The molecular weight excluding hydrogens is 460 g/mol. The summed E-state index contributed by atoms with van der Waals surface area (Å²) in [5.41, 5.74) is 1.56. The third-order valence-electron chi connectivity index (χ3n) is 5.78. The Kier molecular flexibility index (Phi) is 6.95. The number of carbonyl (C=O) groups excluding carboxylic acids is 2. The number of rotatable bonds is 6. The molecule has 3 aromatic rings. The van der Waals surface area contributed by atoms with Crippen LogP contribution in [0.25, 0.3) is 5.69 Å². The van der Waals surface area contributed by atoms with Gasteiger partial charge in [0.2, 0.25) is 5.91 Å². The van der Waals surface area contributed by atoms with Gasteiger partial charge in [-0.25, -0.2) is 0 Å². The quantitative estimate of drug-likeness (QED) is 0.496. The molecule has 2 aromatic heterocycles. The van der Waals surface area contributed by atoms with E-state index in [4.69, 9.17) is 11.6 Å². The molecule has 7 nitrogen and oxygen atoms in total. The van der Waals surface area contributed by atoms with Crippen molar-refractivity contribution in [3.63, 3.8) is 0 Å². The van der Waals surface area contributed by atoms with E-state index in [1.807, 2.05) is 43.0 Å². The van der Waals surface area contributed by atoms with Crippen LogP contribution in [0.15, 0.2) is 47.4 Å². The molecule has 0 bridgehead atoms. The van der Waals surface area contributed by atoms with E-state index >= 15 is 0 Å². The van der Waals surface area contributed by atoms with Crippen LogP contribution >= 0.6 is 22.9 Å². The third-order valence-corrected chi connectivity index (χ3v) is 7.10. The highest BCUT2D eigenvalue weighted by Crippen LogP contribution is 2.24. The number of para-hydroxylation sites is 1. The molecule has 0 spiro atoms. The van der Waals surface area contributed by atoms with Gasteiger partial charge >= 0.3 is 0 Å². The van der Waals surface area contributed by atoms with Crippen molar-refractivity contribution < 1.29 is 9.59 Å².